The summed E-state index contributed by atoms with van der Waals surface area (Å²) in [5.41, 5.74) is 1.98. The van der Waals surface area contributed by atoms with E-state index in [0.717, 1.165) is 16.5 Å². The highest BCUT2D eigenvalue weighted by molar-refractivity contribution is 5.94. The lowest BCUT2D eigenvalue weighted by Crippen LogP contribution is -2.08. The summed E-state index contributed by atoms with van der Waals surface area (Å²) in [6, 6.07) is 9.24. The molecule has 2 aromatic heterocycles. The fourth-order valence-electron chi connectivity index (χ4n) is 2.05. The molecule has 0 aliphatic carbocycles. The SMILES string of the molecule is O=C(O)c1cc2ccccc2n1Cc1cnoc1. The van der Waals surface area contributed by atoms with Gasteiger partial charge < -0.3 is 14.2 Å². The van der Waals surface area contributed by atoms with Crippen LogP contribution >= 0.6 is 0 Å². The van der Waals surface area contributed by atoms with Gasteiger partial charge in [-0.2, -0.15) is 0 Å². The highest BCUT2D eigenvalue weighted by atomic mass is 16.5. The Morgan fingerprint density at radius 1 is 1.39 bits per heavy atom. The van der Waals surface area contributed by atoms with Crippen molar-refractivity contribution >= 4 is 16.9 Å². The van der Waals surface area contributed by atoms with Crippen LogP contribution in [0.5, 0.6) is 0 Å². The molecule has 0 saturated heterocycles. The number of nitrogens with zero attached hydrogens (tertiary/aromatic N) is 2. The van der Waals surface area contributed by atoms with E-state index < -0.39 is 5.97 Å². The zero-order valence-corrected chi connectivity index (χ0v) is 9.41. The number of hydrogen-bond donors (Lipinski definition) is 1. The molecule has 3 aromatic rings. The van der Waals surface area contributed by atoms with Gasteiger partial charge in [-0.1, -0.05) is 23.4 Å². The molecule has 0 aliphatic heterocycles. The van der Waals surface area contributed by atoms with Gasteiger partial charge in [0.25, 0.3) is 0 Å². The molecule has 5 nitrogen and oxygen atoms in total. The van der Waals surface area contributed by atoms with Gasteiger partial charge in [0.2, 0.25) is 0 Å². The lowest BCUT2D eigenvalue weighted by molar-refractivity contribution is 0.0686. The molecule has 0 radical (unpaired) electrons. The molecule has 1 N–H and O–H groups in total. The van der Waals surface area contributed by atoms with Crippen LogP contribution in [0.4, 0.5) is 0 Å². The minimum Gasteiger partial charge on any atom is -0.477 e. The van der Waals surface area contributed by atoms with E-state index in [1.54, 1.807) is 16.8 Å². The summed E-state index contributed by atoms with van der Waals surface area (Å²) in [5, 5.41) is 13.8. The first-order chi connectivity index (χ1) is 8.75. The van der Waals surface area contributed by atoms with Gasteiger partial charge in [0.1, 0.15) is 12.0 Å². The predicted octanol–water partition coefficient (Wildman–Crippen LogP) is 2.38. The number of carboxylic acid groups (broad SMARTS) is 1. The highest BCUT2D eigenvalue weighted by Gasteiger charge is 2.14. The van der Waals surface area contributed by atoms with Crippen LogP contribution in [0.15, 0.2) is 47.3 Å². The molecule has 2 heterocycles. The van der Waals surface area contributed by atoms with Crippen LogP contribution in [0, 0.1) is 0 Å². The number of hydrogen-bond acceptors (Lipinski definition) is 3. The van der Waals surface area contributed by atoms with Crippen molar-refractivity contribution in [2.75, 3.05) is 0 Å². The third kappa shape index (κ3) is 1.66. The smallest absolute Gasteiger partial charge is 0.352 e. The zero-order valence-electron chi connectivity index (χ0n) is 9.41. The number of fused-ring (bicyclic) bond motifs is 1. The lowest BCUT2D eigenvalue weighted by atomic mass is 10.2. The second-order valence-corrected chi connectivity index (χ2v) is 4.01. The number of aromatic carboxylic acids is 1. The van der Waals surface area contributed by atoms with Gasteiger partial charge in [-0.15, -0.1) is 0 Å². The topological polar surface area (TPSA) is 68.3 Å². The van der Waals surface area contributed by atoms with Crippen molar-refractivity contribution in [3.05, 3.63) is 54.0 Å². The van der Waals surface area contributed by atoms with Crippen molar-refractivity contribution < 1.29 is 14.4 Å². The third-order valence-electron chi connectivity index (χ3n) is 2.85. The van der Waals surface area contributed by atoms with E-state index in [9.17, 15) is 9.90 Å². The Labute approximate surface area is 102 Å². The predicted molar refractivity (Wildman–Crippen MR) is 64.5 cm³/mol. The molecule has 5 heteroatoms. The first kappa shape index (κ1) is 10.6. The van der Waals surface area contributed by atoms with E-state index in [0.29, 0.717) is 6.54 Å². The summed E-state index contributed by atoms with van der Waals surface area (Å²) in [5.74, 6) is -0.942. The molecule has 1 aromatic carbocycles. The maximum atomic E-state index is 11.3. The van der Waals surface area contributed by atoms with Gasteiger partial charge in [-0.3, -0.25) is 0 Å². The summed E-state index contributed by atoms with van der Waals surface area (Å²) in [4.78, 5) is 11.3. The van der Waals surface area contributed by atoms with Crippen LogP contribution in [0.1, 0.15) is 16.1 Å². The number of rotatable bonds is 3. The fourth-order valence-corrected chi connectivity index (χ4v) is 2.05. The van der Waals surface area contributed by atoms with Crippen LogP contribution in [-0.2, 0) is 6.54 Å². The number of carboxylic acids is 1. The van der Waals surface area contributed by atoms with E-state index >= 15 is 0 Å². The van der Waals surface area contributed by atoms with Crippen molar-refractivity contribution in [2.24, 2.45) is 0 Å². The minimum absolute atomic E-state index is 0.261. The van der Waals surface area contributed by atoms with Gasteiger partial charge in [0, 0.05) is 16.5 Å². The van der Waals surface area contributed by atoms with Gasteiger partial charge in [-0.25, -0.2) is 4.79 Å². The molecule has 0 amide bonds. The number of para-hydroxylation sites is 1. The number of aromatic nitrogens is 2. The van der Waals surface area contributed by atoms with E-state index in [-0.39, 0.29) is 5.69 Å². The molecule has 0 bridgehead atoms. The molecular weight excluding hydrogens is 232 g/mol. The maximum Gasteiger partial charge on any atom is 0.352 e. The van der Waals surface area contributed by atoms with Crippen LogP contribution in [0.3, 0.4) is 0 Å². The van der Waals surface area contributed by atoms with E-state index in [1.807, 2.05) is 24.3 Å². The van der Waals surface area contributed by atoms with Gasteiger partial charge in [-0.05, 0) is 12.1 Å². The fraction of sp³-hybridized carbons (Fsp3) is 0.0769. The normalized spacial score (nSPS) is 10.9. The van der Waals surface area contributed by atoms with Crippen LogP contribution in [0.2, 0.25) is 0 Å². The van der Waals surface area contributed by atoms with Crippen molar-refractivity contribution in [2.45, 2.75) is 6.54 Å². The Bertz CT molecular complexity index is 698. The Morgan fingerprint density at radius 3 is 2.94 bits per heavy atom. The molecule has 0 saturated carbocycles. The van der Waals surface area contributed by atoms with Gasteiger partial charge >= 0.3 is 5.97 Å². The van der Waals surface area contributed by atoms with Crippen molar-refractivity contribution in [3.8, 4) is 0 Å². The summed E-state index contributed by atoms with van der Waals surface area (Å²) < 4.78 is 6.51. The van der Waals surface area contributed by atoms with E-state index in [4.69, 9.17) is 4.52 Å². The largest absolute Gasteiger partial charge is 0.477 e. The summed E-state index contributed by atoms with van der Waals surface area (Å²) >= 11 is 0. The second-order valence-electron chi connectivity index (χ2n) is 4.01. The second kappa shape index (κ2) is 4.03. The zero-order chi connectivity index (χ0) is 12.5. The molecule has 0 spiro atoms. The van der Waals surface area contributed by atoms with E-state index in [1.165, 1.54) is 6.26 Å². The molecule has 0 unspecified atom stereocenters. The van der Waals surface area contributed by atoms with Crippen molar-refractivity contribution in [3.63, 3.8) is 0 Å². The molecule has 3 rings (SSSR count). The molecule has 90 valence electrons. The standard InChI is InChI=1S/C13H10N2O3/c16-13(17)12-5-10-3-1-2-4-11(10)15(12)7-9-6-14-18-8-9/h1-6,8H,7H2,(H,16,17). The highest BCUT2D eigenvalue weighted by Crippen LogP contribution is 2.21. The first-order valence-corrected chi connectivity index (χ1v) is 5.45. The van der Waals surface area contributed by atoms with Crippen LogP contribution in [-0.4, -0.2) is 20.8 Å². The third-order valence-corrected chi connectivity index (χ3v) is 2.85. The quantitative estimate of drug-likeness (QED) is 0.765. The summed E-state index contributed by atoms with van der Waals surface area (Å²) in [6.45, 7) is 0.429. The summed E-state index contributed by atoms with van der Waals surface area (Å²) in [7, 11) is 0. The monoisotopic (exact) mass is 242 g/mol. The van der Waals surface area contributed by atoms with Gasteiger partial charge in [0.05, 0.1) is 12.7 Å². The molecular formula is C13H10N2O3. The van der Waals surface area contributed by atoms with Crippen molar-refractivity contribution in [1.29, 1.82) is 0 Å². The molecule has 0 atom stereocenters. The molecule has 18 heavy (non-hydrogen) atoms. The maximum absolute atomic E-state index is 11.3. The average Bonchev–Trinajstić information content (AvgIpc) is 2.98. The average molecular weight is 242 g/mol. The Kier molecular flexibility index (Phi) is 2.37. The Balaban J connectivity index is 2.18. The minimum atomic E-state index is -0.942. The number of benzene rings is 1. The Morgan fingerprint density at radius 2 is 2.22 bits per heavy atom. The molecule has 0 fully saturated rings. The summed E-state index contributed by atoms with van der Waals surface area (Å²) in [6.07, 6.45) is 3.10. The number of carbonyl (C=O) groups is 1. The molecule has 0 aliphatic rings. The first-order valence-electron chi connectivity index (χ1n) is 5.45. The van der Waals surface area contributed by atoms with Gasteiger partial charge in [0.15, 0.2) is 0 Å². The van der Waals surface area contributed by atoms with Crippen LogP contribution in [0.25, 0.3) is 10.9 Å². The van der Waals surface area contributed by atoms with Crippen molar-refractivity contribution in [1.82, 2.24) is 9.72 Å². The lowest BCUT2D eigenvalue weighted by Gasteiger charge is -2.05. The van der Waals surface area contributed by atoms with Crippen LogP contribution < -0.4 is 0 Å². The van der Waals surface area contributed by atoms with E-state index in [2.05, 4.69) is 5.16 Å². The Hall–Kier alpha value is -2.56.